The van der Waals surface area contributed by atoms with Crippen LogP contribution in [-0.4, -0.2) is 30.8 Å². The van der Waals surface area contributed by atoms with Gasteiger partial charge in [-0.2, -0.15) is 0 Å². The second kappa shape index (κ2) is 10.7. The third-order valence-corrected chi connectivity index (χ3v) is 6.94. The predicted molar refractivity (Wildman–Crippen MR) is 133 cm³/mol. The van der Waals surface area contributed by atoms with Crippen LogP contribution in [0.1, 0.15) is 35.7 Å². The molecule has 0 fully saturated rings. The summed E-state index contributed by atoms with van der Waals surface area (Å²) >= 11 is 0. The second-order valence-electron chi connectivity index (χ2n) is 8.04. The highest BCUT2D eigenvalue weighted by atomic mass is 32.2. The molecule has 0 spiro atoms. The van der Waals surface area contributed by atoms with Crippen LogP contribution in [0.15, 0.2) is 78.0 Å². The van der Waals surface area contributed by atoms with Crippen molar-refractivity contribution in [2.24, 2.45) is 0 Å². The molecule has 0 aliphatic rings. The van der Waals surface area contributed by atoms with Gasteiger partial charge in [-0.15, -0.1) is 0 Å². The standard InChI is InChI=1S/C26H25FN4O3S/c1-2-3-13-30-35(33,34)21-10-11-24-22(14-21)23(15-25(31-24)19-5-4-12-28-17-19)26(32)29-16-18-6-8-20(27)9-7-18/h4-12,14-15,17,30H,2-3,13,16H2,1H3,(H,29,32). The molecule has 180 valence electrons. The van der Waals surface area contributed by atoms with Gasteiger partial charge in [-0.05, 0) is 60.5 Å². The molecule has 2 aromatic carbocycles. The van der Waals surface area contributed by atoms with E-state index in [2.05, 4.69) is 20.0 Å². The third kappa shape index (κ3) is 5.87. The number of hydrogen-bond donors (Lipinski definition) is 2. The number of amides is 1. The fraction of sp³-hybridized carbons (Fsp3) is 0.192. The topological polar surface area (TPSA) is 101 Å². The normalized spacial score (nSPS) is 11.5. The molecule has 9 heteroatoms. The lowest BCUT2D eigenvalue weighted by atomic mass is 10.0. The summed E-state index contributed by atoms with van der Waals surface area (Å²) in [5.41, 5.74) is 2.75. The van der Waals surface area contributed by atoms with Crippen LogP contribution in [0, 0.1) is 5.82 Å². The summed E-state index contributed by atoms with van der Waals surface area (Å²) in [6.07, 6.45) is 4.87. The van der Waals surface area contributed by atoms with Gasteiger partial charge in [-0.25, -0.2) is 22.5 Å². The molecule has 0 aliphatic heterocycles. The average Bonchev–Trinajstić information content (AvgIpc) is 2.87. The number of benzene rings is 2. The van der Waals surface area contributed by atoms with E-state index in [9.17, 15) is 17.6 Å². The van der Waals surface area contributed by atoms with Crippen molar-refractivity contribution in [1.82, 2.24) is 20.0 Å². The molecule has 0 saturated heterocycles. The van der Waals surface area contributed by atoms with Crippen LogP contribution < -0.4 is 10.0 Å². The SMILES string of the molecule is CCCCNS(=O)(=O)c1ccc2nc(-c3cccnc3)cc(C(=O)NCc3ccc(F)cc3)c2c1. The summed E-state index contributed by atoms with van der Waals surface area (Å²) in [5, 5.41) is 3.25. The number of carbonyl (C=O) groups excluding carboxylic acids is 1. The Kier molecular flexibility index (Phi) is 7.48. The van der Waals surface area contributed by atoms with Crippen molar-refractivity contribution in [3.8, 4) is 11.3 Å². The number of aromatic nitrogens is 2. The molecule has 0 aliphatic carbocycles. The number of fused-ring (bicyclic) bond motifs is 1. The van der Waals surface area contributed by atoms with Crippen molar-refractivity contribution in [2.45, 2.75) is 31.2 Å². The minimum absolute atomic E-state index is 0.0598. The fourth-order valence-corrected chi connectivity index (χ4v) is 4.67. The summed E-state index contributed by atoms with van der Waals surface area (Å²) in [7, 11) is -3.74. The molecule has 0 unspecified atom stereocenters. The van der Waals surface area contributed by atoms with Crippen molar-refractivity contribution < 1.29 is 17.6 Å². The Morgan fingerprint density at radius 3 is 2.57 bits per heavy atom. The number of nitrogens with zero attached hydrogens (tertiary/aromatic N) is 2. The molecule has 2 aromatic heterocycles. The van der Waals surface area contributed by atoms with Gasteiger partial charge in [0, 0.05) is 36.4 Å². The van der Waals surface area contributed by atoms with E-state index < -0.39 is 15.9 Å². The maximum absolute atomic E-state index is 13.3. The highest BCUT2D eigenvalue weighted by molar-refractivity contribution is 7.89. The zero-order valence-corrected chi connectivity index (χ0v) is 20.0. The molecule has 35 heavy (non-hydrogen) atoms. The monoisotopic (exact) mass is 492 g/mol. The Hall–Kier alpha value is -3.69. The Morgan fingerprint density at radius 1 is 1.06 bits per heavy atom. The van der Waals surface area contributed by atoms with Gasteiger partial charge in [0.15, 0.2) is 0 Å². The highest BCUT2D eigenvalue weighted by Crippen LogP contribution is 2.27. The molecule has 0 radical (unpaired) electrons. The first kappa shape index (κ1) is 24.4. The number of carbonyl (C=O) groups is 1. The molecule has 4 rings (SSSR count). The van der Waals surface area contributed by atoms with E-state index in [4.69, 9.17) is 0 Å². The predicted octanol–water partition coefficient (Wildman–Crippen LogP) is 4.44. The lowest BCUT2D eigenvalue weighted by Gasteiger charge is -2.13. The number of unbranched alkanes of at least 4 members (excludes halogenated alkanes) is 1. The van der Waals surface area contributed by atoms with Gasteiger partial charge in [0.1, 0.15) is 5.82 Å². The van der Waals surface area contributed by atoms with Crippen LogP contribution in [0.4, 0.5) is 4.39 Å². The summed E-state index contributed by atoms with van der Waals surface area (Å²) in [4.78, 5) is 22.1. The van der Waals surface area contributed by atoms with E-state index in [1.165, 1.54) is 24.3 Å². The quantitative estimate of drug-likeness (QED) is 0.336. The molecule has 0 saturated carbocycles. The lowest BCUT2D eigenvalue weighted by molar-refractivity contribution is 0.0952. The number of pyridine rings is 2. The Labute approximate surface area is 203 Å². The first-order chi connectivity index (χ1) is 16.9. The van der Waals surface area contributed by atoms with E-state index in [1.807, 2.05) is 13.0 Å². The van der Waals surface area contributed by atoms with Crippen LogP contribution in [0.25, 0.3) is 22.2 Å². The maximum atomic E-state index is 13.3. The van der Waals surface area contributed by atoms with Crippen molar-refractivity contribution in [3.05, 3.63) is 90.0 Å². The van der Waals surface area contributed by atoms with E-state index in [1.54, 1.807) is 42.7 Å². The summed E-state index contributed by atoms with van der Waals surface area (Å²) in [6, 6.07) is 15.6. The van der Waals surface area contributed by atoms with Gasteiger partial charge in [0.25, 0.3) is 5.91 Å². The Morgan fingerprint density at radius 2 is 1.86 bits per heavy atom. The van der Waals surface area contributed by atoms with E-state index in [0.717, 1.165) is 24.0 Å². The van der Waals surface area contributed by atoms with E-state index in [0.29, 0.717) is 23.1 Å². The van der Waals surface area contributed by atoms with Gasteiger partial charge < -0.3 is 5.32 Å². The fourth-order valence-electron chi connectivity index (χ4n) is 3.57. The zero-order chi connectivity index (χ0) is 24.8. The lowest BCUT2D eigenvalue weighted by Crippen LogP contribution is -2.25. The molecular formula is C26H25FN4O3S. The second-order valence-corrected chi connectivity index (χ2v) is 9.80. The van der Waals surface area contributed by atoms with Crippen molar-refractivity contribution in [3.63, 3.8) is 0 Å². The van der Waals surface area contributed by atoms with E-state index in [-0.39, 0.29) is 22.8 Å². The molecule has 2 N–H and O–H groups in total. The van der Waals surface area contributed by atoms with Gasteiger partial charge in [0.05, 0.1) is 21.7 Å². The van der Waals surface area contributed by atoms with Gasteiger partial charge in [0.2, 0.25) is 10.0 Å². The number of hydrogen-bond acceptors (Lipinski definition) is 5. The number of halogens is 1. The van der Waals surface area contributed by atoms with E-state index >= 15 is 0 Å². The molecule has 1 amide bonds. The van der Waals surface area contributed by atoms with Crippen LogP contribution in [0.2, 0.25) is 0 Å². The third-order valence-electron chi connectivity index (χ3n) is 5.48. The Bertz CT molecular complexity index is 1440. The highest BCUT2D eigenvalue weighted by Gasteiger charge is 2.19. The van der Waals surface area contributed by atoms with Gasteiger partial charge >= 0.3 is 0 Å². The number of sulfonamides is 1. The smallest absolute Gasteiger partial charge is 0.252 e. The minimum atomic E-state index is -3.74. The first-order valence-corrected chi connectivity index (χ1v) is 12.7. The molecular weight excluding hydrogens is 467 g/mol. The van der Waals surface area contributed by atoms with Crippen LogP contribution in [0.5, 0.6) is 0 Å². The largest absolute Gasteiger partial charge is 0.348 e. The van der Waals surface area contributed by atoms with Crippen LogP contribution >= 0.6 is 0 Å². The summed E-state index contributed by atoms with van der Waals surface area (Å²) in [5.74, 6) is -0.761. The van der Waals surface area contributed by atoms with Crippen molar-refractivity contribution >= 4 is 26.8 Å². The van der Waals surface area contributed by atoms with Gasteiger partial charge in [-0.3, -0.25) is 9.78 Å². The molecule has 0 atom stereocenters. The number of rotatable bonds is 9. The number of nitrogens with one attached hydrogen (secondary N) is 2. The zero-order valence-electron chi connectivity index (χ0n) is 19.2. The first-order valence-electron chi connectivity index (χ1n) is 11.2. The van der Waals surface area contributed by atoms with Crippen LogP contribution in [0.3, 0.4) is 0 Å². The Balaban J connectivity index is 1.74. The van der Waals surface area contributed by atoms with Crippen molar-refractivity contribution in [2.75, 3.05) is 6.54 Å². The summed E-state index contributed by atoms with van der Waals surface area (Å²) < 4.78 is 41.4. The van der Waals surface area contributed by atoms with Crippen LogP contribution in [-0.2, 0) is 16.6 Å². The van der Waals surface area contributed by atoms with Gasteiger partial charge in [-0.1, -0.05) is 25.5 Å². The molecule has 0 bridgehead atoms. The maximum Gasteiger partial charge on any atom is 0.252 e. The molecule has 4 aromatic rings. The van der Waals surface area contributed by atoms with Crippen molar-refractivity contribution in [1.29, 1.82) is 0 Å². The molecule has 2 heterocycles. The summed E-state index contributed by atoms with van der Waals surface area (Å²) in [6.45, 7) is 2.49. The minimum Gasteiger partial charge on any atom is -0.348 e. The molecule has 7 nitrogen and oxygen atoms in total. The average molecular weight is 493 g/mol.